The fourth-order valence-electron chi connectivity index (χ4n) is 1.86. The van der Waals surface area contributed by atoms with Crippen LogP contribution in [0.5, 0.6) is 0 Å². The van der Waals surface area contributed by atoms with Gasteiger partial charge in [0, 0.05) is 6.04 Å². The second-order valence-electron chi connectivity index (χ2n) is 4.43. The maximum Gasteiger partial charge on any atom is 0.327 e. The first-order chi connectivity index (χ1) is 8.56. The van der Waals surface area contributed by atoms with Gasteiger partial charge < -0.3 is 5.32 Å². The summed E-state index contributed by atoms with van der Waals surface area (Å²) in [6.45, 7) is 4.07. The number of unbranched alkanes of at least 4 members (excludes halogenated alkanes) is 2. The molecule has 100 valence electrons. The molecule has 1 atom stereocenters. The Morgan fingerprint density at radius 3 is 2.78 bits per heavy atom. The van der Waals surface area contributed by atoms with E-state index in [4.69, 9.17) is 0 Å². The van der Waals surface area contributed by atoms with Crippen molar-refractivity contribution in [1.29, 1.82) is 0 Å². The Bertz CT molecular complexity index is 410. The van der Waals surface area contributed by atoms with Gasteiger partial charge in [0.25, 0.3) is 0 Å². The van der Waals surface area contributed by atoms with Gasteiger partial charge in [0.2, 0.25) is 5.82 Å². The van der Waals surface area contributed by atoms with Gasteiger partial charge in [0.1, 0.15) is 5.69 Å². The normalized spacial score (nSPS) is 12.2. The summed E-state index contributed by atoms with van der Waals surface area (Å²) >= 11 is 0. The van der Waals surface area contributed by atoms with Gasteiger partial charge in [-0.15, -0.1) is 0 Å². The largest absolute Gasteiger partial charge is 0.377 e. The fourth-order valence-corrected chi connectivity index (χ4v) is 1.86. The van der Waals surface area contributed by atoms with Crippen LogP contribution in [0.4, 0.5) is 15.8 Å². The molecule has 0 radical (unpaired) electrons. The maximum atomic E-state index is 13.4. The third kappa shape index (κ3) is 3.98. The van der Waals surface area contributed by atoms with Crippen LogP contribution in [0.15, 0.2) is 18.2 Å². The van der Waals surface area contributed by atoms with Crippen molar-refractivity contribution >= 4 is 11.4 Å². The number of hydrogen-bond donors (Lipinski definition) is 1. The van der Waals surface area contributed by atoms with Gasteiger partial charge in [-0.1, -0.05) is 32.3 Å². The molecule has 0 saturated heterocycles. The van der Waals surface area contributed by atoms with Crippen LogP contribution in [0.3, 0.4) is 0 Å². The third-order valence-corrected chi connectivity index (χ3v) is 2.81. The van der Waals surface area contributed by atoms with Gasteiger partial charge in [-0.3, -0.25) is 10.1 Å². The number of nitrogens with zero attached hydrogens (tertiary/aromatic N) is 1. The first kappa shape index (κ1) is 14.4. The predicted molar refractivity (Wildman–Crippen MR) is 70.3 cm³/mol. The van der Waals surface area contributed by atoms with Crippen LogP contribution in [-0.2, 0) is 0 Å². The van der Waals surface area contributed by atoms with Crippen LogP contribution in [0, 0.1) is 15.9 Å². The van der Waals surface area contributed by atoms with Gasteiger partial charge in [0.15, 0.2) is 0 Å². The molecular weight excluding hydrogens is 235 g/mol. The molecule has 1 rings (SSSR count). The average molecular weight is 254 g/mol. The molecule has 1 unspecified atom stereocenters. The lowest BCUT2D eigenvalue weighted by atomic mass is 10.1. The van der Waals surface area contributed by atoms with Crippen LogP contribution >= 0.6 is 0 Å². The van der Waals surface area contributed by atoms with E-state index in [1.165, 1.54) is 12.1 Å². The highest BCUT2D eigenvalue weighted by molar-refractivity contribution is 5.62. The average Bonchev–Trinajstić information content (AvgIpc) is 2.28. The van der Waals surface area contributed by atoms with E-state index in [9.17, 15) is 14.5 Å². The fraction of sp³-hybridized carbons (Fsp3) is 0.538. The number of para-hydroxylation sites is 1. The summed E-state index contributed by atoms with van der Waals surface area (Å²) in [5, 5.41) is 13.8. The standard InChI is InChI=1S/C13H19FN2O2/c1-3-4-5-7-10(2)15-12-9-6-8-11(14)13(12)16(17)18/h6,8-10,15H,3-5,7H2,1-2H3. The molecule has 4 nitrogen and oxygen atoms in total. The van der Waals surface area contributed by atoms with E-state index in [0.29, 0.717) is 0 Å². The Kier molecular flexibility index (Phi) is 5.55. The van der Waals surface area contributed by atoms with Gasteiger partial charge >= 0.3 is 5.69 Å². The lowest BCUT2D eigenvalue weighted by molar-refractivity contribution is -0.386. The third-order valence-electron chi connectivity index (χ3n) is 2.81. The first-order valence-corrected chi connectivity index (χ1v) is 6.25. The monoisotopic (exact) mass is 254 g/mol. The molecule has 0 aliphatic heterocycles. The van der Waals surface area contributed by atoms with Crippen LogP contribution < -0.4 is 5.32 Å². The minimum absolute atomic E-state index is 0.0945. The summed E-state index contributed by atoms with van der Waals surface area (Å²) in [5.74, 6) is -0.800. The highest BCUT2D eigenvalue weighted by atomic mass is 19.1. The molecule has 0 aliphatic carbocycles. The molecule has 1 aromatic carbocycles. The number of nitro benzene ring substituents is 1. The zero-order valence-electron chi connectivity index (χ0n) is 10.8. The van der Waals surface area contributed by atoms with Crippen molar-refractivity contribution in [3.63, 3.8) is 0 Å². The lowest BCUT2D eigenvalue weighted by Gasteiger charge is -2.15. The Labute approximate surface area is 106 Å². The Balaban J connectivity index is 2.72. The minimum atomic E-state index is -0.800. The highest BCUT2D eigenvalue weighted by Gasteiger charge is 2.20. The van der Waals surface area contributed by atoms with Crippen molar-refractivity contribution in [2.75, 3.05) is 5.32 Å². The molecule has 0 aromatic heterocycles. The Morgan fingerprint density at radius 1 is 1.44 bits per heavy atom. The summed E-state index contributed by atoms with van der Waals surface area (Å²) in [4.78, 5) is 10.1. The van der Waals surface area contributed by atoms with Crippen molar-refractivity contribution in [2.24, 2.45) is 0 Å². The number of benzene rings is 1. The van der Waals surface area contributed by atoms with E-state index in [0.717, 1.165) is 31.7 Å². The van der Waals surface area contributed by atoms with Crippen molar-refractivity contribution in [2.45, 2.75) is 45.6 Å². The summed E-state index contributed by atoms with van der Waals surface area (Å²) in [6, 6.07) is 4.21. The van der Waals surface area contributed by atoms with Gasteiger partial charge in [-0.05, 0) is 25.5 Å². The van der Waals surface area contributed by atoms with E-state index in [2.05, 4.69) is 12.2 Å². The number of halogens is 1. The molecule has 0 bridgehead atoms. The zero-order valence-corrected chi connectivity index (χ0v) is 10.8. The molecule has 0 spiro atoms. The van der Waals surface area contributed by atoms with E-state index in [1.54, 1.807) is 0 Å². The predicted octanol–water partition coefficient (Wildman–Crippen LogP) is 4.11. The Morgan fingerprint density at radius 2 is 2.17 bits per heavy atom. The molecule has 18 heavy (non-hydrogen) atoms. The molecule has 0 amide bonds. The van der Waals surface area contributed by atoms with Gasteiger partial charge in [-0.25, -0.2) is 0 Å². The van der Waals surface area contributed by atoms with Crippen molar-refractivity contribution in [3.05, 3.63) is 34.1 Å². The second-order valence-corrected chi connectivity index (χ2v) is 4.43. The highest BCUT2D eigenvalue weighted by Crippen LogP contribution is 2.28. The van der Waals surface area contributed by atoms with Crippen molar-refractivity contribution in [3.8, 4) is 0 Å². The lowest BCUT2D eigenvalue weighted by Crippen LogP contribution is -2.16. The van der Waals surface area contributed by atoms with E-state index in [-0.39, 0.29) is 11.7 Å². The van der Waals surface area contributed by atoms with Crippen LogP contribution in [0.25, 0.3) is 0 Å². The topological polar surface area (TPSA) is 55.2 Å². The maximum absolute atomic E-state index is 13.4. The van der Waals surface area contributed by atoms with Crippen LogP contribution in [0.2, 0.25) is 0 Å². The van der Waals surface area contributed by atoms with Crippen molar-refractivity contribution in [1.82, 2.24) is 0 Å². The number of nitro groups is 1. The first-order valence-electron chi connectivity index (χ1n) is 6.25. The molecule has 0 heterocycles. The summed E-state index contributed by atoms with van der Waals surface area (Å²) in [5.41, 5.74) is -0.219. The van der Waals surface area contributed by atoms with E-state index < -0.39 is 16.4 Å². The van der Waals surface area contributed by atoms with Gasteiger partial charge in [0.05, 0.1) is 4.92 Å². The number of nitrogens with one attached hydrogen (secondary N) is 1. The zero-order chi connectivity index (χ0) is 13.5. The number of anilines is 1. The second kappa shape index (κ2) is 6.93. The quantitative estimate of drug-likeness (QED) is 0.452. The van der Waals surface area contributed by atoms with Crippen LogP contribution in [0.1, 0.15) is 39.5 Å². The SMILES string of the molecule is CCCCCC(C)Nc1cccc(F)c1[N+](=O)[O-]. The Hall–Kier alpha value is -1.65. The molecule has 5 heteroatoms. The summed E-state index contributed by atoms with van der Waals surface area (Å²) in [7, 11) is 0. The molecule has 0 aliphatic rings. The van der Waals surface area contributed by atoms with Crippen molar-refractivity contribution < 1.29 is 9.31 Å². The molecule has 0 saturated carbocycles. The number of hydrogen-bond acceptors (Lipinski definition) is 3. The molecule has 1 N–H and O–H groups in total. The summed E-state index contributed by atoms with van der Waals surface area (Å²) < 4.78 is 13.4. The van der Waals surface area contributed by atoms with Crippen LogP contribution in [-0.4, -0.2) is 11.0 Å². The van der Waals surface area contributed by atoms with E-state index >= 15 is 0 Å². The minimum Gasteiger partial charge on any atom is -0.377 e. The van der Waals surface area contributed by atoms with E-state index in [1.807, 2.05) is 6.92 Å². The summed E-state index contributed by atoms with van der Waals surface area (Å²) in [6.07, 6.45) is 4.25. The molecular formula is C13H19FN2O2. The molecule has 1 aromatic rings. The smallest absolute Gasteiger partial charge is 0.327 e. The molecule has 0 fully saturated rings. The number of rotatable bonds is 7. The van der Waals surface area contributed by atoms with Gasteiger partial charge in [-0.2, -0.15) is 4.39 Å².